The third kappa shape index (κ3) is 3.70. The second-order valence-corrected chi connectivity index (χ2v) is 10.2. The van der Waals surface area contributed by atoms with Crippen molar-refractivity contribution in [3.8, 4) is 28.4 Å². The van der Waals surface area contributed by atoms with E-state index in [-0.39, 0.29) is 11.6 Å². The summed E-state index contributed by atoms with van der Waals surface area (Å²) in [5.74, 6) is -0.0891. The van der Waals surface area contributed by atoms with Crippen molar-refractivity contribution in [2.75, 3.05) is 14.2 Å². The van der Waals surface area contributed by atoms with Crippen LogP contribution in [0.5, 0.6) is 11.5 Å². The van der Waals surface area contributed by atoms with Crippen molar-refractivity contribution in [1.29, 1.82) is 0 Å². The lowest BCUT2D eigenvalue weighted by molar-refractivity contribution is -0.146. The van der Waals surface area contributed by atoms with Crippen LogP contribution in [0.25, 0.3) is 27.7 Å². The highest BCUT2D eigenvalue weighted by Crippen LogP contribution is 2.51. The zero-order valence-corrected chi connectivity index (χ0v) is 21.3. The maximum atomic E-state index is 13.7. The Morgan fingerprint density at radius 2 is 1.71 bits per heavy atom. The van der Waals surface area contributed by atoms with Gasteiger partial charge >= 0.3 is 5.97 Å². The van der Waals surface area contributed by atoms with Crippen molar-refractivity contribution >= 4 is 22.6 Å². The second kappa shape index (κ2) is 9.20. The molecule has 0 aliphatic heterocycles. The largest absolute Gasteiger partial charge is 0.496 e. The molecule has 1 aromatic heterocycles. The van der Waals surface area contributed by atoms with Crippen LogP contribution in [0.1, 0.15) is 36.2 Å². The molecule has 1 amide bonds. The highest BCUT2D eigenvalue weighted by molar-refractivity contribution is 5.99. The van der Waals surface area contributed by atoms with Gasteiger partial charge in [-0.2, -0.15) is 5.10 Å². The molecule has 0 radical (unpaired) electrons. The van der Waals surface area contributed by atoms with E-state index in [1.807, 2.05) is 60.7 Å². The summed E-state index contributed by atoms with van der Waals surface area (Å²) in [7, 11) is 3.16. The fourth-order valence-electron chi connectivity index (χ4n) is 6.42. The van der Waals surface area contributed by atoms with Crippen molar-refractivity contribution in [2.45, 2.75) is 31.2 Å². The second-order valence-electron chi connectivity index (χ2n) is 10.2. The van der Waals surface area contributed by atoms with Gasteiger partial charge in [-0.25, -0.2) is 9.48 Å². The predicted molar refractivity (Wildman–Crippen MR) is 143 cm³/mol. The molecule has 3 atom stereocenters. The average molecular weight is 512 g/mol. The van der Waals surface area contributed by atoms with Crippen LogP contribution in [0.2, 0.25) is 0 Å². The minimum atomic E-state index is -1.26. The summed E-state index contributed by atoms with van der Waals surface area (Å²) >= 11 is 0. The van der Waals surface area contributed by atoms with Gasteiger partial charge in [0.25, 0.3) is 5.91 Å². The number of aliphatic carboxylic acids is 1. The normalized spacial score (nSPS) is 21.9. The number of ether oxygens (including phenoxy) is 2. The highest BCUT2D eigenvalue weighted by Gasteiger charge is 2.57. The van der Waals surface area contributed by atoms with Crippen LogP contribution < -0.4 is 14.8 Å². The van der Waals surface area contributed by atoms with E-state index in [9.17, 15) is 14.7 Å². The monoisotopic (exact) mass is 511 g/mol. The lowest BCUT2D eigenvalue weighted by atomic mass is 9.81. The number of benzene rings is 3. The van der Waals surface area contributed by atoms with Gasteiger partial charge in [-0.3, -0.25) is 4.79 Å². The first-order chi connectivity index (χ1) is 18.4. The number of carboxylic acid groups (broad SMARTS) is 1. The molecule has 0 spiro atoms. The first kappa shape index (κ1) is 24.0. The van der Waals surface area contributed by atoms with Crippen LogP contribution in [-0.2, 0) is 4.79 Å². The summed E-state index contributed by atoms with van der Waals surface area (Å²) in [5, 5.41) is 19.8. The van der Waals surface area contributed by atoms with Crippen molar-refractivity contribution in [3.63, 3.8) is 0 Å². The molecule has 2 saturated carbocycles. The lowest BCUT2D eigenvalue weighted by Gasteiger charge is -2.34. The molecule has 0 saturated heterocycles. The van der Waals surface area contributed by atoms with E-state index in [0.717, 1.165) is 35.7 Å². The summed E-state index contributed by atoms with van der Waals surface area (Å²) in [4.78, 5) is 26.1. The van der Waals surface area contributed by atoms with Gasteiger partial charge in [0.05, 0.1) is 31.2 Å². The Morgan fingerprint density at radius 1 is 1.00 bits per heavy atom. The van der Waals surface area contributed by atoms with E-state index >= 15 is 0 Å². The Hall–Kier alpha value is -4.33. The molecule has 2 aliphatic carbocycles. The Morgan fingerprint density at radius 3 is 2.37 bits per heavy atom. The molecule has 8 nitrogen and oxygen atoms in total. The minimum absolute atomic E-state index is 0.0668. The maximum Gasteiger partial charge on any atom is 0.329 e. The summed E-state index contributed by atoms with van der Waals surface area (Å²) < 4.78 is 13.1. The minimum Gasteiger partial charge on any atom is -0.496 e. The van der Waals surface area contributed by atoms with E-state index < -0.39 is 17.4 Å². The number of hydrogen-bond donors (Lipinski definition) is 2. The number of rotatable bonds is 7. The third-order valence-corrected chi connectivity index (χ3v) is 8.19. The molecule has 2 fully saturated rings. The van der Waals surface area contributed by atoms with Crippen molar-refractivity contribution in [1.82, 2.24) is 15.1 Å². The number of carbonyl (C=O) groups excluding carboxylic acids is 1. The molecule has 2 bridgehead atoms. The summed E-state index contributed by atoms with van der Waals surface area (Å²) in [6.45, 7) is 0. The number of hydrogen-bond acceptors (Lipinski definition) is 5. The highest BCUT2D eigenvalue weighted by atomic mass is 16.5. The Labute approximate surface area is 220 Å². The number of carboxylic acids is 1. The number of fused-ring (bicyclic) bond motifs is 3. The van der Waals surface area contributed by atoms with E-state index in [2.05, 4.69) is 5.32 Å². The molecule has 194 valence electrons. The Bertz CT molecular complexity index is 1530. The molecule has 2 aliphatic rings. The van der Waals surface area contributed by atoms with Gasteiger partial charge in [-0.05, 0) is 67.2 Å². The fraction of sp³-hybridized carbons (Fsp3) is 0.300. The van der Waals surface area contributed by atoms with E-state index in [1.165, 1.54) is 0 Å². The molecular formula is C30H29N3O5. The first-order valence-corrected chi connectivity index (χ1v) is 12.8. The van der Waals surface area contributed by atoms with Gasteiger partial charge in [-0.15, -0.1) is 0 Å². The van der Waals surface area contributed by atoms with Gasteiger partial charge in [-0.1, -0.05) is 42.5 Å². The van der Waals surface area contributed by atoms with E-state index in [0.29, 0.717) is 35.1 Å². The number of methoxy groups -OCH3 is 2. The number of amides is 1. The van der Waals surface area contributed by atoms with E-state index in [1.54, 1.807) is 25.0 Å². The van der Waals surface area contributed by atoms with Gasteiger partial charge in [0.15, 0.2) is 5.69 Å². The van der Waals surface area contributed by atoms with Gasteiger partial charge in [0.1, 0.15) is 17.0 Å². The summed E-state index contributed by atoms with van der Waals surface area (Å²) in [6.07, 6.45) is 3.12. The number of aromatic nitrogens is 2. The van der Waals surface area contributed by atoms with E-state index in [4.69, 9.17) is 14.6 Å². The molecule has 3 aromatic carbocycles. The zero-order chi connectivity index (χ0) is 26.4. The SMILES string of the molecule is COc1cccc(OC)c1-c1cc(C(=O)NC2(C(=O)O)CC3CCC2C3)nn1-c1cccc2ccccc12. The van der Waals surface area contributed by atoms with Crippen molar-refractivity contribution < 1.29 is 24.2 Å². The predicted octanol–water partition coefficient (Wildman–Crippen LogP) is 5.08. The van der Waals surface area contributed by atoms with Crippen LogP contribution in [0.3, 0.4) is 0 Å². The van der Waals surface area contributed by atoms with Gasteiger partial charge in [0, 0.05) is 5.39 Å². The molecule has 4 aromatic rings. The zero-order valence-electron chi connectivity index (χ0n) is 21.3. The van der Waals surface area contributed by atoms with Crippen LogP contribution in [0, 0.1) is 11.8 Å². The van der Waals surface area contributed by atoms with Gasteiger partial charge < -0.3 is 19.9 Å². The first-order valence-electron chi connectivity index (χ1n) is 12.8. The smallest absolute Gasteiger partial charge is 0.329 e. The summed E-state index contributed by atoms with van der Waals surface area (Å²) in [5.41, 5.74) is 0.885. The molecule has 8 heteroatoms. The molecule has 3 unspecified atom stereocenters. The molecule has 1 heterocycles. The standard InChI is InChI=1S/C30H29N3O5/c1-37-25-11-6-12-26(38-2)27(25)24-16-22(28(34)31-30(29(35)36)17-18-13-14-20(30)15-18)32-33(24)23-10-5-8-19-7-3-4-9-21(19)23/h3-12,16,18,20H,13-15,17H2,1-2H3,(H,31,34)(H,35,36). The van der Waals surface area contributed by atoms with Crippen LogP contribution in [-0.4, -0.2) is 46.5 Å². The topological polar surface area (TPSA) is 103 Å². The number of nitrogens with zero attached hydrogens (tertiary/aromatic N) is 2. The quantitative estimate of drug-likeness (QED) is 0.359. The Kier molecular flexibility index (Phi) is 5.82. The summed E-state index contributed by atoms with van der Waals surface area (Å²) in [6, 6.07) is 21.0. The van der Waals surface area contributed by atoms with Crippen LogP contribution in [0.15, 0.2) is 66.7 Å². The van der Waals surface area contributed by atoms with Crippen LogP contribution in [0.4, 0.5) is 0 Å². The van der Waals surface area contributed by atoms with Crippen molar-refractivity contribution in [3.05, 3.63) is 72.4 Å². The molecule has 6 rings (SSSR count). The Balaban J connectivity index is 1.52. The number of carbonyl (C=O) groups is 2. The van der Waals surface area contributed by atoms with Crippen LogP contribution >= 0.6 is 0 Å². The molecule has 2 N–H and O–H groups in total. The molecule has 38 heavy (non-hydrogen) atoms. The van der Waals surface area contributed by atoms with Gasteiger partial charge in [0.2, 0.25) is 0 Å². The lowest BCUT2D eigenvalue weighted by Crippen LogP contribution is -2.58. The van der Waals surface area contributed by atoms with Crippen molar-refractivity contribution in [2.24, 2.45) is 11.8 Å². The number of nitrogens with one attached hydrogen (secondary N) is 1. The third-order valence-electron chi connectivity index (χ3n) is 8.19. The fourth-order valence-corrected chi connectivity index (χ4v) is 6.42. The maximum absolute atomic E-state index is 13.7. The average Bonchev–Trinajstić information content (AvgIpc) is 3.67. The molecular weight excluding hydrogens is 482 g/mol.